The fourth-order valence-corrected chi connectivity index (χ4v) is 3.37. The summed E-state index contributed by atoms with van der Waals surface area (Å²) < 4.78 is 2.21. The lowest BCUT2D eigenvalue weighted by atomic mass is 9.94. The van der Waals surface area contributed by atoms with Crippen LogP contribution in [0.5, 0.6) is 0 Å². The van der Waals surface area contributed by atoms with Gasteiger partial charge in [0.2, 0.25) is 0 Å². The minimum atomic E-state index is 0.235. The van der Waals surface area contributed by atoms with Crippen LogP contribution in [0, 0.1) is 11.8 Å². The molecule has 7 heteroatoms. The van der Waals surface area contributed by atoms with Crippen molar-refractivity contribution in [1.82, 2.24) is 25.4 Å². The third-order valence-electron chi connectivity index (χ3n) is 4.56. The van der Waals surface area contributed by atoms with Gasteiger partial charge in [-0.3, -0.25) is 0 Å². The molecular weight excluding hydrogens is 316 g/mol. The molecule has 2 heterocycles. The van der Waals surface area contributed by atoms with E-state index in [-0.39, 0.29) is 6.61 Å². The fraction of sp³-hybridized carbons (Fsp3) is 0.833. The standard InChI is InChI=1S/C18H34N6O/c1-4-19-18(20-12-15(8-10-25)11-14(2)3)21-13-17-23-22-16-7-5-6-9-24(16)17/h14-15,25H,4-13H2,1-3H3,(H2,19,20,21). The van der Waals surface area contributed by atoms with Crippen molar-refractivity contribution in [1.29, 1.82) is 0 Å². The highest BCUT2D eigenvalue weighted by Gasteiger charge is 2.16. The molecule has 0 bridgehead atoms. The number of guanidine groups is 1. The van der Waals surface area contributed by atoms with Gasteiger partial charge in [0.1, 0.15) is 12.4 Å². The predicted octanol–water partition coefficient (Wildman–Crippen LogP) is 1.71. The average Bonchev–Trinajstić information content (AvgIpc) is 3.00. The molecule has 1 aromatic heterocycles. The third kappa shape index (κ3) is 6.30. The molecule has 0 radical (unpaired) electrons. The van der Waals surface area contributed by atoms with Gasteiger partial charge >= 0.3 is 0 Å². The number of hydrogen-bond donors (Lipinski definition) is 3. The van der Waals surface area contributed by atoms with Crippen LogP contribution in [0.4, 0.5) is 0 Å². The van der Waals surface area contributed by atoms with Gasteiger partial charge in [-0.1, -0.05) is 13.8 Å². The van der Waals surface area contributed by atoms with Gasteiger partial charge in [-0.05, 0) is 44.4 Å². The summed E-state index contributed by atoms with van der Waals surface area (Å²) in [5.41, 5.74) is 0. The normalized spacial score (nSPS) is 16.0. The Morgan fingerprint density at radius 3 is 2.84 bits per heavy atom. The molecule has 0 spiro atoms. The molecule has 2 rings (SSSR count). The molecule has 25 heavy (non-hydrogen) atoms. The van der Waals surface area contributed by atoms with Gasteiger partial charge in [0.05, 0.1) is 0 Å². The molecule has 0 aliphatic carbocycles. The molecule has 1 unspecified atom stereocenters. The van der Waals surface area contributed by atoms with Crippen molar-refractivity contribution < 1.29 is 5.11 Å². The highest BCUT2D eigenvalue weighted by Crippen LogP contribution is 2.15. The van der Waals surface area contributed by atoms with E-state index in [0.29, 0.717) is 18.4 Å². The Morgan fingerprint density at radius 1 is 1.28 bits per heavy atom. The van der Waals surface area contributed by atoms with E-state index in [1.165, 1.54) is 12.8 Å². The molecule has 3 N–H and O–H groups in total. The van der Waals surface area contributed by atoms with E-state index in [2.05, 4.69) is 51.2 Å². The quantitative estimate of drug-likeness (QED) is 0.466. The molecule has 0 saturated carbocycles. The number of fused-ring (bicyclic) bond motifs is 1. The van der Waals surface area contributed by atoms with Crippen LogP contribution >= 0.6 is 0 Å². The highest BCUT2D eigenvalue weighted by molar-refractivity contribution is 5.79. The zero-order chi connectivity index (χ0) is 18.1. The molecule has 0 saturated heterocycles. The van der Waals surface area contributed by atoms with Crippen LogP contribution in [-0.2, 0) is 19.5 Å². The van der Waals surface area contributed by atoms with Crippen LogP contribution in [0.15, 0.2) is 4.99 Å². The van der Waals surface area contributed by atoms with Crippen LogP contribution in [0.3, 0.4) is 0 Å². The van der Waals surface area contributed by atoms with E-state index in [1.807, 2.05) is 0 Å². The van der Waals surface area contributed by atoms with E-state index in [1.54, 1.807) is 0 Å². The van der Waals surface area contributed by atoms with Gasteiger partial charge in [0.25, 0.3) is 0 Å². The van der Waals surface area contributed by atoms with Crippen molar-refractivity contribution in [3.05, 3.63) is 11.6 Å². The number of aliphatic imine (C=N–C) groups is 1. The van der Waals surface area contributed by atoms with Gasteiger partial charge in [0.15, 0.2) is 11.8 Å². The van der Waals surface area contributed by atoms with Gasteiger partial charge in [-0.2, -0.15) is 0 Å². The molecule has 142 valence electrons. The zero-order valence-corrected chi connectivity index (χ0v) is 16.0. The summed E-state index contributed by atoms with van der Waals surface area (Å²) in [4.78, 5) is 4.68. The van der Waals surface area contributed by atoms with Crippen LogP contribution in [-0.4, -0.2) is 45.5 Å². The van der Waals surface area contributed by atoms with Crippen molar-refractivity contribution in [3.8, 4) is 0 Å². The third-order valence-corrected chi connectivity index (χ3v) is 4.56. The van der Waals surface area contributed by atoms with E-state index < -0.39 is 0 Å². The summed E-state index contributed by atoms with van der Waals surface area (Å²) in [6.07, 6.45) is 5.34. The molecule has 0 amide bonds. The number of aliphatic hydroxyl groups excluding tert-OH is 1. The van der Waals surface area contributed by atoms with Crippen molar-refractivity contribution in [2.24, 2.45) is 16.8 Å². The number of hydrogen-bond acceptors (Lipinski definition) is 4. The topological polar surface area (TPSA) is 87.4 Å². The Morgan fingerprint density at radius 2 is 2.12 bits per heavy atom. The molecular formula is C18H34N6O. The molecule has 0 aromatic carbocycles. The largest absolute Gasteiger partial charge is 0.396 e. The van der Waals surface area contributed by atoms with Gasteiger partial charge in [-0.15, -0.1) is 10.2 Å². The van der Waals surface area contributed by atoms with Crippen LogP contribution in [0.2, 0.25) is 0 Å². The number of aromatic nitrogens is 3. The maximum atomic E-state index is 9.27. The molecule has 1 atom stereocenters. The summed E-state index contributed by atoms with van der Waals surface area (Å²) >= 11 is 0. The predicted molar refractivity (Wildman–Crippen MR) is 100 cm³/mol. The molecule has 1 aliphatic rings. The second-order valence-corrected chi connectivity index (χ2v) is 7.23. The lowest BCUT2D eigenvalue weighted by Gasteiger charge is -2.20. The Labute approximate surface area is 151 Å². The van der Waals surface area contributed by atoms with Crippen LogP contribution in [0.1, 0.15) is 58.1 Å². The first-order chi connectivity index (χ1) is 12.1. The molecule has 1 aliphatic heterocycles. The second-order valence-electron chi connectivity index (χ2n) is 7.23. The number of nitrogens with zero attached hydrogens (tertiary/aromatic N) is 4. The summed E-state index contributed by atoms with van der Waals surface area (Å²) in [7, 11) is 0. The monoisotopic (exact) mass is 350 g/mol. The molecule has 7 nitrogen and oxygen atoms in total. The number of nitrogens with one attached hydrogen (secondary N) is 2. The minimum absolute atomic E-state index is 0.235. The number of rotatable bonds is 9. The van der Waals surface area contributed by atoms with Crippen molar-refractivity contribution >= 4 is 5.96 Å². The van der Waals surface area contributed by atoms with Crippen molar-refractivity contribution in [2.45, 2.75) is 66.0 Å². The van der Waals surface area contributed by atoms with E-state index >= 15 is 0 Å². The summed E-state index contributed by atoms with van der Waals surface area (Å²) in [6, 6.07) is 0. The minimum Gasteiger partial charge on any atom is -0.396 e. The fourth-order valence-electron chi connectivity index (χ4n) is 3.37. The maximum absolute atomic E-state index is 9.27. The first kappa shape index (κ1) is 19.7. The Hall–Kier alpha value is -1.63. The Bertz CT molecular complexity index is 540. The number of aryl methyl sites for hydroxylation is 1. The lowest BCUT2D eigenvalue weighted by molar-refractivity contribution is 0.243. The summed E-state index contributed by atoms with van der Waals surface area (Å²) in [6.45, 7) is 9.92. The number of aliphatic hydroxyl groups is 1. The van der Waals surface area contributed by atoms with Crippen molar-refractivity contribution in [3.63, 3.8) is 0 Å². The average molecular weight is 351 g/mol. The van der Waals surface area contributed by atoms with E-state index in [0.717, 1.165) is 56.5 Å². The smallest absolute Gasteiger partial charge is 0.191 e. The summed E-state index contributed by atoms with van der Waals surface area (Å²) in [5, 5.41) is 24.6. The van der Waals surface area contributed by atoms with Gasteiger partial charge in [0, 0.05) is 32.7 Å². The van der Waals surface area contributed by atoms with Gasteiger partial charge in [-0.25, -0.2) is 4.99 Å². The van der Waals surface area contributed by atoms with Gasteiger partial charge < -0.3 is 20.3 Å². The highest BCUT2D eigenvalue weighted by atomic mass is 16.3. The molecule has 0 fully saturated rings. The van der Waals surface area contributed by atoms with Crippen LogP contribution < -0.4 is 10.6 Å². The summed E-state index contributed by atoms with van der Waals surface area (Å²) in [5.74, 6) is 3.92. The Balaban J connectivity index is 1.94. The first-order valence-corrected chi connectivity index (χ1v) is 9.68. The zero-order valence-electron chi connectivity index (χ0n) is 16.0. The molecule has 1 aromatic rings. The van der Waals surface area contributed by atoms with E-state index in [4.69, 9.17) is 0 Å². The maximum Gasteiger partial charge on any atom is 0.191 e. The van der Waals surface area contributed by atoms with E-state index in [9.17, 15) is 5.11 Å². The second kappa shape index (κ2) is 10.4. The Kier molecular flexibility index (Phi) is 8.18. The van der Waals surface area contributed by atoms with Crippen LogP contribution in [0.25, 0.3) is 0 Å². The SMILES string of the molecule is CCNC(=NCc1nnc2n1CCCC2)NCC(CCO)CC(C)C. The first-order valence-electron chi connectivity index (χ1n) is 9.68. The van der Waals surface area contributed by atoms with Crippen molar-refractivity contribution in [2.75, 3.05) is 19.7 Å². The lowest BCUT2D eigenvalue weighted by Crippen LogP contribution is -2.40.